The van der Waals surface area contributed by atoms with Crippen LogP contribution in [0, 0.1) is 0 Å². The molecule has 1 atom stereocenters. The summed E-state index contributed by atoms with van der Waals surface area (Å²) in [4.78, 5) is 22.7. The van der Waals surface area contributed by atoms with Crippen molar-refractivity contribution < 1.29 is 28.2 Å². The molecule has 132 valence electrons. The summed E-state index contributed by atoms with van der Waals surface area (Å²) in [6.45, 7) is 4.24. The van der Waals surface area contributed by atoms with Crippen molar-refractivity contribution in [2.45, 2.75) is 32.5 Å². The summed E-state index contributed by atoms with van der Waals surface area (Å²) in [5.74, 6) is -0.0977. The number of ether oxygens (including phenoxy) is 2. The van der Waals surface area contributed by atoms with Gasteiger partial charge in [-0.1, -0.05) is 0 Å². The van der Waals surface area contributed by atoms with Gasteiger partial charge in [-0.05, 0) is 26.0 Å². The summed E-state index contributed by atoms with van der Waals surface area (Å²) in [6, 6.07) is 6.22. The van der Waals surface area contributed by atoms with Gasteiger partial charge in [0, 0.05) is 19.1 Å². The van der Waals surface area contributed by atoms with E-state index in [4.69, 9.17) is 18.3 Å². The highest BCUT2D eigenvalue weighted by Gasteiger charge is 2.31. The molecule has 0 aliphatic carbocycles. The zero-order chi connectivity index (χ0) is 18.2. The van der Waals surface area contributed by atoms with Gasteiger partial charge < -0.3 is 23.4 Å². The van der Waals surface area contributed by atoms with Gasteiger partial charge in [0.05, 0.1) is 22.6 Å². The SMILES string of the molecule is CC(=O)O[C@H](COc1c2ccoc2cc2oc(=O)ccc12)C(C)(C)O. The molecule has 1 N–H and O–H groups in total. The Kier molecular flexibility index (Phi) is 4.26. The van der Waals surface area contributed by atoms with Gasteiger partial charge in [-0.3, -0.25) is 4.79 Å². The van der Waals surface area contributed by atoms with Crippen LogP contribution in [0.4, 0.5) is 0 Å². The van der Waals surface area contributed by atoms with E-state index in [1.807, 2.05) is 0 Å². The fourth-order valence-electron chi connectivity index (χ4n) is 2.51. The van der Waals surface area contributed by atoms with Crippen molar-refractivity contribution in [2.75, 3.05) is 6.61 Å². The van der Waals surface area contributed by atoms with Crippen molar-refractivity contribution in [3.63, 3.8) is 0 Å². The van der Waals surface area contributed by atoms with Crippen molar-refractivity contribution in [3.8, 4) is 5.75 Å². The van der Waals surface area contributed by atoms with Gasteiger partial charge in [-0.25, -0.2) is 4.79 Å². The summed E-state index contributed by atoms with van der Waals surface area (Å²) in [5.41, 5.74) is -0.974. The number of hydrogen-bond donors (Lipinski definition) is 1. The Morgan fingerprint density at radius 1 is 1.24 bits per heavy atom. The molecule has 3 rings (SSSR count). The van der Waals surface area contributed by atoms with Crippen LogP contribution in [0.25, 0.3) is 21.9 Å². The van der Waals surface area contributed by atoms with Gasteiger partial charge in [0.1, 0.15) is 23.5 Å². The molecule has 1 aromatic carbocycles. The van der Waals surface area contributed by atoms with Gasteiger partial charge >= 0.3 is 11.6 Å². The van der Waals surface area contributed by atoms with Gasteiger partial charge in [-0.2, -0.15) is 0 Å². The summed E-state index contributed by atoms with van der Waals surface area (Å²) in [6.07, 6.45) is 0.617. The Morgan fingerprint density at radius 3 is 2.64 bits per heavy atom. The monoisotopic (exact) mass is 346 g/mol. The molecule has 7 nitrogen and oxygen atoms in total. The molecule has 0 saturated heterocycles. The van der Waals surface area contributed by atoms with E-state index in [9.17, 15) is 14.7 Å². The van der Waals surface area contributed by atoms with Crippen LogP contribution in [-0.2, 0) is 9.53 Å². The molecule has 25 heavy (non-hydrogen) atoms. The minimum absolute atomic E-state index is 0.0817. The number of rotatable bonds is 5. The van der Waals surface area contributed by atoms with E-state index < -0.39 is 23.3 Å². The lowest BCUT2D eigenvalue weighted by atomic mass is 10.0. The second-order valence-corrected chi connectivity index (χ2v) is 6.27. The predicted molar refractivity (Wildman–Crippen MR) is 89.6 cm³/mol. The van der Waals surface area contributed by atoms with E-state index in [0.717, 1.165) is 0 Å². The van der Waals surface area contributed by atoms with Crippen molar-refractivity contribution >= 4 is 27.9 Å². The Bertz CT molecular complexity index is 974. The molecule has 0 fully saturated rings. The summed E-state index contributed by atoms with van der Waals surface area (Å²) in [5, 5.41) is 11.4. The van der Waals surface area contributed by atoms with Crippen LogP contribution in [0.2, 0.25) is 0 Å². The minimum atomic E-state index is -1.29. The number of carbonyl (C=O) groups excluding carboxylic acids is 1. The zero-order valence-electron chi connectivity index (χ0n) is 14.1. The van der Waals surface area contributed by atoms with E-state index in [0.29, 0.717) is 27.7 Å². The summed E-state index contributed by atoms with van der Waals surface area (Å²) >= 11 is 0. The highest BCUT2D eigenvalue weighted by molar-refractivity contribution is 6.01. The average molecular weight is 346 g/mol. The number of furan rings is 1. The molecule has 0 saturated carbocycles. The second-order valence-electron chi connectivity index (χ2n) is 6.27. The smallest absolute Gasteiger partial charge is 0.336 e. The van der Waals surface area contributed by atoms with Crippen molar-refractivity contribution in [3.05, 3.63) is 40.9 Å². The second kappa shape index (κ2) is 6.25. The van der Waals surface area contributed by atoms with E-state index >= 15 is 0 Å². The molecule has 2 heterocycles. The van der Waals surface area contributed by atoms with E-state index in [2.05, 4.69) is 0 Å². The molecule has 3 aromatic rings. The van der Waals surface area contributed by atoms with Crippen LogP contribution < -0.4 is 10.4 Å². The molecule has 0 bridgehead atoms. The van der Waals surface area contributed by atoms with Crippen LogP contribution >= 0.6 is 0 Å². The molecular weight excluding hydrogens is 328 g/mol. The van der Waals surface area contributed by atoms with Gasteiger partial charge in [-0.15, -0.1) is 0 Å². The third-order valence-electron chi connectivity index (χ3n) is 3.78. The molecule has 0 spiro atoms. The number of benzene rings is 1. The van der Waals surface area contributed by atoms with Crippen molar-refractivity contribution in [1.82, 2.24) is 0 Å². The molecule has 7 heteroatoms. The highest BCUT2D eigenvalue weighted by atomic mass is 16.6. The normalized spacial score (nSPS) is 13.1. The Balaban J connectivity index is 2.02. The van der Waals surface area contributed by atoms with E-state index in [-0.39, 0.29) is 6.61 Å². The van der Waals surface area contributed by atoms with Crippen molar-refractivity contribution in [1.29, 1.82) is 0 Å². The van der Waals surface area contributed by atoms with Crippen LogP contribution in [0.15, 0.2) is 44.2 Å². The zero-order valence-corrected chi connectivity index (χ0v) is 14.1. The summed E-state index contributed by atoms with van der Waals surface area (Å²) < 4.78 is 21.6. The number of hydrogen-bond acceptors (Lipinski definition) is 7. The Labute approximate surface area is 142 Å². The first kappa shape index (κ1) is 17.0. The molecule has 0 aliphatic rings. The maximum atomic E-state index is 11.5. The lowest BCUT2D eigenvalue weighted by molar-refractivity contribution is -0.162. The topological polar surface area (TPSA) is 99.1 Å². The van der Waals surface area contributed by atoms with Gasteiger partial charge in [0.25, 0.3) is 0 Å². The largest absolute Gasteiger partial charge is 0.488 e. The van der Waals surface area contributed by atoms with Gasteiger partial charge in [0.2, 0.25) is 0 Å². The average Bonchev–Trinajstić information content (AvgIpc) is 2.96. The third kappa shape index (κ3) is 3.51. The fraction of sp³-hybridized carbons (Fsp3) is 0.333. The first-order valence-corrected chi connectivity index (χ1v) is 7.72. The Hall–Kier alpha value is -2.80. The molecular formula is C18H18O7. The maximum absolute atomic E-state index is 11.5. The van der Waals surface area contributed by atoms with E-state index in [1.165, 1.54) is 33.1 Å². The van der Waals surface area contributed by atoms with Gasteiger partial charge in [0.15, 0.2) is 6.10 Å². The standard InChI is InChI=1S/C18H18O7/c1-10(19)24-15(18(2,3)21)9-23-17-11-4-5-16(20)25-14(11)8-13-12(17)6-7-22-13/h4-8,15,21H,9H2,1-3H3/t15-/m1/s1. The Morgan fingerprint density at radius 2 is 1.96 bits per heavy atom. The first-order chi connectivity index (χ1) is 11.8. The fourth-order valence-corrected chi connectivity index (χ4v) is 2.51. The predicted octanol–water partition coefficient (Wildman–Crippen LogP) is 2.62. The lowest BCUT2D eigenvalue weighted by Gasteiger charge is -2.28. The van der Waals surface area contributed by atoms with Crippen LogP contribution in [-0.4, -0.2) is 29.4 Å². The number of esters is 1. The molecule has 0 aliphatic heterocycles. The molecule has 0 amide bonds. The third-order valence-corrected chi connectivity index (χ3v) is 3.78. The van der Waals surface area contributed by atoms with E-state index in [1.54, 1.807) is 18.2 Å². The van der Waals surface area contributed by atoms with Crippen LogP contribution in [0.1, 0.15) is 20.8 Å². The highest BCUT2D eigenvalue weighted by Crippen LogP contribution is 2.35. The molecule has 0 unspecified atom stereocenters. The number of aliphatic hydroxyl groups is 1. The number of fused-ring (bicyclic) bond motifs is 2. The van der Waals surface area contributed by atoms with Crippen molar-refractivity contribution in [2.24, 2.45) is 0 Å². The first-order valence-electron chi connectivity index (χ1n) is 7.72. The maximum Gasteiger partial charge on any atom is 0.336 e. The lowest BCUT2D eigenvalue weighted by Crippen LogP contribution is -2.43. The summed E-state index contributed by atoms with van der Waals surface area (Å²) in [7, 11) is 0. The minimum Gasteiger partial charge on any atom is -0.488 e. The molecule has 0 radical (unpaired) electrons. The quantitative estimate of drug-likeness (QED) is 0.560. The molecule has 2 aromatic heterocycles. The van der Waals surface area contributed by atoms with Crippen LogP contribution in [0.3, 0.4) is 0 Å². The van der Waals surface area contributed by atoms with Crippen LogP contribution in [0.5, 0.6) is 5.75 Å². The number of carbonyl (C=O) groups is 1.